The van der Waals surface area contributed by atoms with Gasteiger partial charge in [-0.1, -0.05) is 19.8 Å². The van der Waals surface area contributed by atoms with Crippen LogP contribution in [0.1, 0.15) is 36.5 Å². The number of pyridine rings is 1. The van der Waals surface area contributed by atoms with E-state index in [1.165, 1.54) is 0 Å². The first-order chi connectivity index (χ1) is 10.6. The number of carbonyl (C=O) groups excluding carboxylic acids is 2. The summed E-state index contributed by atoms with van der Waals surface area (Å²) in [5.74, 6) is -0.00533. The maximum absolute atomic E-state index is 12.3. The highest BCUT2D eigenvalue weighted by atomic mass is 16.2. The van der Waals surface area contributed by atoms with Gasteiger partial charge < -0.3 is 15.5 Å². The number of rotatable bonds is 5. The van der Waals surface area contributed by atoms with E-state index in [2.05, 4.69) is 11.9 Å². The number of aromatic nitrogens is 1. The van der Waals surface area contributed by atoms with Crippen LogP contribution < -0.4 is 5.73 Å². The normalized spacial score (nSPS) is 16.5. The summed E-state index contributed by atoms with van der Waals surface area (Å²) in [6.07, 6.45) is 5.95. The largest absolute Gasteiger partial charge is 0.338 e. The highest BCUT2D eigenvalue weighted by Crippen LogP contribution is 2.10. The fraction of sp³-hybridized carbons (Fsp3) is 0.562. The average molecular weight is 304 g/mol. The van der Waals surface area contributed by atoms with Crippen LogP contribution in [0.25, 0.3) is 0 Å². The van der Waals surface area contributed by atoms with E-state index in [-0.39, 0.29) is 11.8 Å². The van der Waals surface area contributed by atoms with Crippen molar-refractivity contribution < 1.29 is 9.59 Å². The Morgan fingerprint density at radius 3 is 2.36 bits per heavy atom. The van der Waals surface area contributed by atoms with Crippen LogP contribution in [-0.4, -0.2) is 58.8 Å². The molecule has 1 fully saturated rings. The van der Waals surface area contributed by atoms with Gasteiger partial charge in [-0.2, -0.15) is 0 Å². The molecule has 0 radical (unpaired) electrons. The zero-order valence-electron chi connectivity index (χ0n) is 13.1. The summed E-state index contributed by atoms with van der Waals surface area (Å²) < 4.78 is 0. The molecule has 0 spiro atoms. The Bertz CT molecular complexity index is 498. The second kappa shape index (κ2) is 7.89. The fourth-order valence-electron chi connectivity index (χ4n) is 2.59. The Morgan fingerprint density at radius 2 is 1.77 bits per heavy atom. The van der Waals surface area contributed by atoms with Crippen molar-refractivity contribution in [1.82, 2.24) is 14.8 Å². The van der Waals surface area contributed by atoms with Crippen LogP contribution in [-0.2, 0) is 4.79 Å². The third-order valence-corrected chi connectivity index (χ3v) is 3.99. The van der Waals surface area contributed by atoms with E-state index in [0.29, 0.717) is 31.7 Å². The molecule has 2 heterocycles. The molecule has 2 N–H and O–H groups in total. The van der Waals surface area contributed by atoms with Gasteiger partial charge in [0, 0.05) is 44.1 Å². The molecule has 0 bridgehead atoms. The standard InChI is InChI=1S/C16H24N4O2/c1-2-3-4-14(17)16(22)20-11-9-19(10-12-20)15(21)13-5-7-18-8-6-13/h5-8,14H,2-4,9-12,17H2,1H3/t14-/m1/s1. The van der Waals surface area contributed by atoms with Crippen molar-refractivity contribution in [3.05, 3.63) is 30.1 Å². The minimum atomic E-state index is -0.414. The topological polar surface area (TPSA) is 79.5 Å². The monoisotopic (exact) mass is 304 g/mol. The zero-order chi connectivity index (χ0) is 15.9. The molecule has 0 saturated carbocycles. The molecule has 120 valence electrons. The average Bonchev–Trinajstić information content (AvgIpc) is 2.59. The fourth-order valence-corrected chi connectivity index (χ4v) is 2.59. The Labute approximate surface area is 131 Å². The lowest BCUT2D eigenvalue weighted by Gasteiger charge is -2.36. The van der Waals surface area contributed by atoms with E-state index in [4.69, 9.17) is 5.73 Å². The number of nitrogens with zero attached hydrogens (tertiary/aromatic N) is 3. The van der Waals surface area contributed by atoms with Gasteiger partial charge in [0.15, 0.2) is 0 Å². The molecular weight excluding hydrogens is 280 g/mol. The summed E-state index contributed by atoms with van der Waals surface area (Å²) in [6.45, 7) is 4.28. The molecule has 1 aliphatic rings. The van der Waals surface area contributed by atoms with E-state index >= 15 is 0 Å². The summed E-state index contributed by atoms with van der Waals surface area (Å²) >= 11 is 0. The number of nitrogens with two attached hydrogens (primary N) is 1. The molecule has 2 rings (SSSR count). The molecule has 6 nitrogen and oxygen atoms in total. The number of amides is 2. The lowest BCUT2D eigenvalue weighted by molar-refractivity contribution is -0.134. The minimum Gasteiger partial charge on any atom is -0.338 e. The molecule has 1 aromatic rings. The smallest absolute Gasteiger partial charge is 0.254 e. The second-order valence-electron chi connectivity index (χ2n) is 5.60. The van der Waals surface area contributed by atoms with Gasteiger partial charge in [-0.05, 0) is 18.6 Å². The van der Waals surface area contributed by atoms with Gasteiger partial charge in [-0.25, -0.2) is 0 Å². The van der Waals surface area contributed by atoms with Crippen molar-refractivity contribution in [2.24, 2.45) is 5.73 Å². The Hall–Kier alpha value is -1.95. The molecule has 1 saturated heterocycles. The van der Waals surface area contributed by atoms with Crippen molar-refractivity contribution >= 4 is 11.8 Å². The van der Waals surface area contributed by atoms with Crippen LogP contribution in [0.5, 0.6) is 0 Å². The third kappa shape index (κ3) is 4.04. The summed E-state index contributed by atoms with van der Waals surface area (Å²) in [6, 6.07) is 3.00. The van der Waals surface area contributed by atoms with Gasteiger partial charge in [0.05, 0.1) is 6.04 Å². The highest BCUT2D eigenvalue weighted by molar-refractivity contribution is 5.94. The Balaban J connectivity index is 1.85. The number of carbonyl (C=O) groups is 2. The molecule has 0 aliphatic carbocycles. The minimum absolute atomic E-state index is 0.00413. The summed E-state index contributed by atoms with van der Waals surface area (Å²) in [7, 11) is 0. The van der Waals surface area contributed by atoms with E-state index in [1.54, 1.807) is 34.3 Å². The van der Waals surface area contributed by atoms with Crippen molar-refractivity contribution in [3.8, 4) is 0 Å². The summed E-state index contributed by atoms with van der Waals surface area (Å²) in [5, 5.41) is 0. The molecule has 6 heteroatoms. The maximum atomic E-state index is 12.3. The molecule has 2 amide bonds. The lowest BCUT2D eigenvalue weighted by Crippen LogP contribution is -2.54. The lowest BCUT2D eigenvalue weighted by atomic mass is 10.1. The van der Waals surface area contributed by atoms with E-state index in [0.717, 1.165) is 19.3 Å². The molecule has 1 atom stereocenters. The predicted molar refractivity (Wildman–Crippen MR) is 84.2 cm³/mol. The Morgan fingerprint density at radius 1 is 1.18 bits per heavy atom. The van der Waals surface area contributed by atoms with Crippen molar-refractivity contribution in [1.29, 1.82) is 0 Å². The molecule has 0 aromatic carbocycles. The van der Waals surface area contributed by atoms with Gasteiger partial charge in [-0.3, -0.25) is 14.6 Å². The maximum Gasteiger partial charge on any atom is 0.254 e. The van der Waals surface area contributed by atoms with Gasteiger partial charge in [-0.15, -0.1) is 0 Å². The third-order valence-electron chi connectivity index (χ3n) is 3.99. The molecular formula is C16H24N4O2. The van der Waals surface area contributed by atoms with E-state index in [9.17, 15) is 9.59 Å². The molecule has 1 aromatic heterocycles. The second-order valence-corrected chi connectivity index (χ2v) is 5.60. The van der Waals surface area contributed by atoms with Crippen LogP contribution in [0, 0.1) is 0 Å². The SMILES string of the molecule is CCCC[C@@H](N)C(=O)N1CCN(C(=O)c2ccncc2)CC1. The van der Waals surface area contributed by atoms with Crippen LogP contribution >= 0.6 is 0 Å². The van der Waals surface area contributed by atoms with Crippen LogP contribution in [0.15, 0.2) is 24.5 Å². The van der Waals surface area contributed by atoms with Crippen molar-refractivity contribution in [2.75, 3.05) is 26.2 Å². The van der Waals surface area contributed by atoms with Gasteiger partial charge in [0.1, 0.15) is 0 Å². The highest BCUT2D eigenvalue weighted by Gasteiger charge is 2.27. The summed E-state index contributed by atoms with van der Waals surface area (Å²) in [4.78, 5) is 32.0. The Kier molecular flexibility index (Phi) is 5.89. The van der Waals surface area contributed by atoms with Crippen LogP contribution in [0.3, 0.4) is 0 Å². The van der Waals surface area contributed by atoms with E-state index in [1.807, 2.05) is 0 Å². The van der Waals surface area contributed by atoms with E-state index < -0.39 is 6.04 Å². The zero-order valence-corrected chi connectivity index (χ0v) is 13.1. The number of piperazine rings is 1. The van der Waals surface area contributed by atoms with Gasteiger partial charge in [0.25, 0.3) is 5.91 Å². The summed E-state index contributed by atoms with van der Waals surface area (Å²) in [5.41, 5.74) is 6.57. The first kappa shape index (κ1) is 16.4. The first-order valence-corrected chi connectivity index (χ1v) is 7.87. The van der Waals surface area contributed by atoms with Crippen molar-refractivity contribution in [3.63, 3.8) is 0 Å². The number of unbranched alkanes of at least 4 members (excludes halogenated alkanes) is 1. The molecule has 22 heavy (non-hydrogen) atoms. The van der Waals surface area contributed by atoms with Crippen LogP contribution in [0.4, 0.5) is 0 Å². The van der Waals surface area contributed by atoms with Crippen LogP contribution in [0.2, 0.25) is 0 Å². The predicted octanol–water partition coefficient (Wildman–Crippen LogP) is 0.883. The number of hydrogen-bond acceptors (Lipinski definition) is 4. The first-order valence-electron chi connectivity index (χ1n) is 7.87. The quantitative estimate of drug-likeness (QED) is 0.876. The van der Waals surface area contributed by atoms with Crippen molar-refractivity contribution in [2.45, 2.75) is 32.2 Å². The van der Waals surface area contributed by atoms with Gasteiger partial charge in [0.2, 0.25) is 5.91 Å². The molecule has 1 aliphatic heterocycles. The molecule has 0 unspecified atom stereocenters. The van der Waals surface area contributed by atoms with Gasteiger partial charge >= 0.3 is 0 Å². The number of hydrogen-bond donors (Lipinski definition) is 1.